The molecule has 0 aromatic carbocycles. The highest BCUT2D eigenvalue weighted by Gasteiger charge is 2.41. The largest absolute Gasteiger partial charge is 0.396 e. The van der Waals surface area contributed by atoms with Crippen molar-refractivity contribution in [2.45, 2.75) is 76.4 Å². The first-order chi connectivity index (χ1) is 13.7. The smallest absolute Gasteiger partial charge is 0.225 e. The number of unbranched alkanes of at least 4 members (excludes halogenated alkanes) is 1. The van der Waals surface area contributed by atoms with E-state index in [1.54, 1.807) is 0 Å². The number of hydrogen-bond donors (Lipinski definition) is 1. The molecule has 3 fully saturated rings. The highest BCUT2D eigenvalue weighted by Crippen LogP contribution is 2.34. The third-order valence-corrected chi connectivity index (χ3v) is 7.07. The van der Waals surface area contributed by atoms with Crippen molar-refractivity contribution in [1.82, 2.24) is 19.8 Å². The molecule has 0 spiro atoms. The lowest BCUT2D eigenvalue weighted by atomic mass is 9.91. The maximum Gasteiger partial charge on any atom is 0.225 e. The molecule has 3 aliphatic heterocycles. The molecule has 0 radical (unpaired) electrons. The van der Waals surface area contributed by atoms with E-state index in [0.29, 0.717) is 30.7 Å². The molecule has 6 heteroatoms. The molecule has 4 rings (SSSR count). The summed E-state index contributed by atoms with van der Waals surface area (Å²) in [4.78, 5) is 17.3. The summed E-state index contributed by atoms with van der Waals surface area (Å²) in [5, 5.41) is 8.94. The van der Waals surface area contributed by atoms with Crippen molar-refractivity contribution in [3.63, 3.8) is 0 Å². The van der Waals surface area contributed by atoms with Crippen LogP contribution in [-0.2, 0) is 0 Å². The lowest BCUT2D eigenvalue weighted by molar-refractivity contribution is 0.176. The second-order valence-electron chi connectivity index (χ2n) is 9.20. The van der Waals surface area contributed by atoms with E-state index >= 15 is 0 Å². The Hall–Kier alpha value is -1.24. The van der Waals surface area contributed by atoms with Gasteiger partial charge >= 0.3 is 0 Å². The summed E-state index contributed by atoms with van der Waals surface area (Å²) in [5.41, 5.74) is 1.31. The van der Waals surface area contributed by atoms with E-state index in [2.05, 4.69) is 40.9 Å². The standard InChI is InChI=1S/C22H37N5O/c1-17(2)26-15-20-5-6-21(16-26)27(20)22-23-13-19(14-24-22)18-7-10-25(11-8-18)9-3-4-12-28/h13-14,17-18,20-21,28H,3-12,15-16H2,1-2H3. The van der Waals surface area contributed by atoms with Crippen LogP contribution in [0.3, 0.4) is 0 Å². The van der Waals surface area contributed by atoms with Crippen LogP contribution in [-0.4, -0.2) is 82.3 Å². The molecule has 2 unspecified atom stereocenters. The molecule has 1 N–H and O–H groups in total. The molecule has 1 aromatic heterocycles. The van der Waals surface area contributed by atoms with Gasteiger partial charge in [0.15, 0.2) is 0 Å². The molecule has 2 bridgehead atoms. The number of nitrogens with zero attached hydrogens (tertiary/aromatic N) is 5. The van der Waals surface area contributed by atoms with Crippen molar-refractivity contribution in [2.75, 3.05) is 44.2 Å². The number of piperidine rings is 1. The molecule has 4 heterocycles. The highest BCUT2D eigenvalue weighted by molar-refractivity contribution is 5.38. The fourth-order valence-corrected chi connectivity index (χ4v) is 5.30. The molecule has 3 aliphatic rings. The summed E-state index contributed by atoms with van der Waals surface area (Å²) in [6.45, 7) is 10.6. The second-order valence-corrected chi connectivity index (χ2v) is 9.20. The molecule has 0 amide bonds. The number of aliphatic hydroxyl groups is 1. The summed E-state index contributed by atoms with van der Waals surface area (Å²) in [5.74, 6) is 1.54. The van der Waals surface area contributed by atoms with Gasteiger partial charge in [-0.05, 0) is 83.5 Å². The van der Waals surface area contributed by atoms with Gasteiger partial charge in [0.2, 0.25) is 5.95 Å². The number of hydrogen-bond acceptors (Lipinski definition) is 6. The van der Waals surface area contributed by atoms with Crippen LogP contribution in [0.25, 0.3) is 0 Å². The molecule has 3 saturated heterocycles. The Morgan fingerprint density at radius 3 is 2.21 bits per heavy atom. The normalized spacial score (nSPS) is 27.1. The molecule has 28 heavy (non-hydrogen) atoms. The Balaban J connectivity index is 1.33. The minimum Gasteiger partial charge on any atom is -0.396 e. The first-order valence-electron chi connectivity index (χ1n) is 11.3. The third-order valence-electron chi connectivity index (χ3n) is 7.07. The van der Waals surface area contributed by atoms with Gasteiger partial charge in [0.25, 0.3) is 0 Å². The Bertz CT molecular complexity index is 600. The van der Waals surface area contributed by atoms with Gasteiger partial charge in [-0.25, -0.2) is 9.97 Å². The van der Waals surface area contributed by atoms with E-state index in [4.69, 9.17) is 15.1 Å². The Morgan fingerprint density at radius 2 is 1.64 bits per heavy atom. The second kappa shape index (κ2) is 9.06. The molecule has 0 saturated carbocycles. The number of fused-ring (bicyclic) bond motifs is 2. The first kappa shape index (κ1) is 20.0. The van der Waals surface area contributed by atoms with E-state index in [1.165, 1.54) is 31.2 Å². The van der Waals surface area contributed by atoms with E-state index in [9.17, 15) is 0 Å². The van der Waals surface area contributed by atoms with Crippen molar-refractivity contribution < 1.29 is 5.11 Å². The van der Waals surface area contributed by atoms with Crippen LogP contribution in [0.4, 0.5) is 5.95 Å². The van der Waals surface area contributed by atoms with Gasteiger partial charge in [0.1, 0.15) is 0 Å². The summed E-state index contributed by atoms with van der Waals surface area (Å²) in [6.07, 6.45) is 11.2. The lowest BCUT2D eigenvalue weighted by Gasteiger charge is -2.42. The van der Waals surface area contributed by atoms with Gasteiger partial charge in [-0.2, -0.15) is 0 Å². The Morgan fingerprint density at radius 1 is 1.00 bits per heavy atom. The predicted molar refractivity (Wildman–Crippen MR) is 113 cm³/mol. The number of aliphatic hydroxyl groups excluding tert-OH is 1. The number of likely N-dealkylation sites (tertiary alicyclic amines) is 2. The maximum absolute atomic E-state index is 8.94. The van der Waals surface area contributed by atoms with Gasteiger partial charge in [0, 0.05) is 50.2 Å². The van der Waals surface area contributed by atoms with Crippen LogP contribution in [0.2, 0.25) is 0 Å². The number of aromatic nitrogens is 2. The van der Waals surface area contributed by atoms with Crippen molar-refractivity contribution in [3.8, 4) is 0 Å². The summed E-state index contributed by atoms with van der Waals surface area (Å²) in [7, 11) is 0. The molecule has 1 aromatic rings. The van der Waals surface area contributed by atoms with E-state index in [0.717, 1.165) is 51.5 Å². The van der Waals surface area contributed by atoms with Gasteiger partial charge in [-0.3, -0.25) is 4.90 Å². The zero-order valence-corrected chi connectivity index (χ0v) is 17.6. The van der Waals surface area contributed by atoms with Crippen LogP contribution < -0.4 is 4.90 Å². The zero-order valence-electron chi connectivity index (χ0n) is 17.6. The van der Waals surface area contributed by atoms with E-state index < -0.39 is 0 Å². The Kier molecular flexibility index (Phi) is 6.48. The molecular formula is C22H37N5O. The summed E-state index contributed by atoms with van der Waals surface area (Å²) < 4.78 is 0. The monoisotopic (exact) mass is 387 g/mol. The molecule has 2 atom stereocenters. The zero-order chi connectivity index (χ0) is 19.5. The Labute approximate surface area is 169 Å². The summed E-state index contributed by atoms with van der Waals surface area (Å²) in [6, 6.07) is 1.78. The number of anilines is 1. The van der Waals surface area contributed by atoms with Crippen molar-refractivity contribution in [1.29, 1.82) is 0 Å². The van der Waals surface area contributed by atoms with Crippen LogP contribution in [0.15, 0.2) is 12.4 Å². The van der Waals surface area contributed by atoms with Gasteiger partial charge in [-0.1, -0.05) is 0 Å². The van der Waals surface area contributed by atoms with Crippen molar-refractivity contribution in [2.24, 2.45) is 0 Å². The quantitative estimate of drug-likeness (QED) is 0.726. The van der Waals surface area contributed by atoms with Gasteiger partial charge in [0.05, 0.1) is 0 Å². The van der Waals surface area contributed by atoms with E-state index in [-0.39, 0.29) is 0 Å². The SMILES string of the molecule is CC(C)N1CC2CCC(C1)N2c1ncc(C2CCN(CCCCO)CC2)cn1. The summed E-state index contributed by atoms with van der Waals surface area (Å²) >= 11 is 0. The first-order valence-corrected chi connectivity index (χ1v) is 11.3. The molecule has 156 valence electrons. The highest BCUT2D eigenvalue weighted by atomic mass is 16.2. The van der Waals surface area contributed by atoms with Crippen LogP contribution in [0.5, 0.6) is 0 Å². The molecular weight excluding hydrogens is 350 g/mol. The third kappa shape index (κ3) is 4.34. The number of piperazine rings is 1. The minimum absolute atomic E-state index is 0.314. The average Bonchev–Trinajstić information content (AvgIpc) is 2.98. The predicted octanol–water partition coefficient (Wildman–Crippen LogP) is 2.49. The topological polar surface area (TPSA) is 55.7 Å². The van der Waals surface area contributed by atoms with Crippen LogP contribution in [0, 0.1) is 0 Å². The van der Waals surface area contributed by atoms with Crippen LogP contribution >= 0.6 is 0 Å². The van der Waals surface area contributed by atoms with Crippen molar-refractivity contribution in [3.05, 3.63) is 18.0 Å². The van der Waals surface area contributed by atoms with E-state index in [1.807, 2.05) is 0 Å². The van der Waals surface area contributed by atoms with Crippen LogP contribution in [0.1, 0.15) is 63.9 Å². The lowest BCUT2D eigenvalue weighted by Crippen LogP contribution is -2.56. The minimum atomic E-state index is 0.314. The van der Waals surface area contributed by atoms with Gasteiger partial charge < -0.3 is 14.9 Å². The maximum atomic E-state index is 8.94. The van der Waals surface area contributed by atoms with Gasteiger partial charge in [-0.15, -0.1) is 0 Å². The number of rotatable bonds is 7. The average molecular weight is 388 g/mol. The molecule has 0 aliphatic carbocycles. The molecule has 6 nitrogen and oxygen atoms in total. The van der Waals surface area contributed by atoms with Crippen molar-refractivity contribution >= 4 is 5.95 Å². The fourth-order valence-electron chi connectivity index (χ4n) is 5.30. The fraction of sp³-hybridized carbons (Fsp3) is 0.818.